The van der Waals surface area contributed by atoms with Gasteiger partial charge in [0, 0.05) is 18.8 Å². The third kappa shape index (κ3) is 5.79. The number of anilines is 1. The predicted octanol–water partition coefficient (Wildman–Crippen LogP) is 2.81. The van der Waals surface area contributed by atoms with E-state index < -0.39 is 0 Å². The highest BCUT2D eigenvalue weighted by Gasteiger charge is 2.18. The van der Waals surface area contributed by atoms with Crippen LogP contribution in [0.3, 0.4) is 0 Å². The van der Waals surface area contributed by atoms with Crippen molar-refractivity contribution in [2.75, 3.05) is 25.0 Å². The summed E-state index contributed by atoms with van der Waals surface area (Å²) in [6.45, 7) is 4.79. The van der Waals surface area contributed by atoms with Gasteiger partial charge in [0.25, 0.3) is 0 Å². The number of nitrogens with one attached hydrogen (secondary N) is 1. The smallest absolute Gasteiger partial charge is 0.239 e. The predicted molar refractivity (Wildman–Crippen MR) is 85.9 cm³/mol. The molecule has 0 aliphatic carbocycles. The number of amides is 1. The van der Waals surface area contributed by atoms with E-state index in [-0.39, 0.29) is 25.1 Å². The lowest BCUT2D eigenvalue weighted by molar-refractivity contribution is -0.118. The molecule has 5 nitrogen and oxygen atoms in total. The summed E-state index contributed by atoms with van der Waals surface area (Å²) in [6, 6.07) is 1.79. The molecule has 0 aliphatic rings. The Bertz CT molecular complexity index is 468. The van der Waals surface area contributed by atoms with Crippen LogP contribution in [0.2, 0.25) is 10.0 Å². The van der Waals surface area contributed by atoms with Crippen LogP contribution < -0.4 is 5.32 Å². The Balaban J connectivity index is 2.69. The quantitative estimate of drug-likeness (QED) is 0.767. The van der Waals surface area contributed by atoms with E-state index in [0.29, 0.717) is 22.4 Å². The fraction of sp³-hybridized carbons (Fsp3) is 0.571. The van der Waals surface area contributed by atoms with E-state index in [4.69, 9.17) is 28.3 Å². The Hall–Kier alpha value is -0.880. The molecule has 1 aromatic rings. The first-order chi connectivity index (χ1) is 10.0. The van der Waals surface area contributed by atoms with Crippen molar-refractivity contribution < 1.29 is 9.90 Å². The van der Waals surface area contributed by atoms with E-state index >= 15 is 0 Å². The maximum atomic E-state index is 12.1. The molecule has 1 amide bonds. The average Bonchev–Trinajstić information content (AvgIpc) is 2.43. The van der Waals surface area contributed by atoms with Crippen molar-refractivity contribution in [3.63, 3.8) is 0 Å². The number of aromatic nitrogens is 1. The molecule has 0 unspecified atom stereocenters. The number of pyridine rings is 1. The largest absolute Gasteiger partial charge is 0.395 e. The normalized spacial score (nSPS) is 11.2. The van der Waals surface area contributed by atoms with Crippen LogP contribution in [0.5, 0.6) is 0 Å². The maximum absolute atomic E-state index is 12.1. The van der Waals surface area contributed by atoms with Gasteiger partial charge in [0.15, 0.2) is 5.82 Å². The molecule has 7 heteroatoms. The molecule has 1 heterocycles. The number of nitrogens with zero attached hydrogens (tertiary/aromatic N) is 2. The lowest BCUT2D eigenvalue weighted by Crippen LogP contribution is -2.42. The third-order valence-electron chi connectivity index (χ3n) is 3.26. The van der Waals surface area contributed by atoms with Crippen molar-refractivity contribution in [3.05, 3.63) is 22.3 Å². The molecule has 0 aromatic carbocycles. The molecule has 0 radical (unpaired) electrons. The van der Waals surface area contributed by atoms with Crippen LogP contribution in [0.1, 0.15) is 26.7 Å². The second-order valence-corrected chi connectivity index (χ2v) is 5.54. The second-order valence-electron chi connectivity index (χ2n) is 4.70. The van der Waals surface area contributed by atoms with Gasteiger partial charge in [0.05, 0.1) is 23.2 Å². The van der Waals surface area contributed by atoms with E-state index in [9.17, 15) is 4.79 Å². The number of halogens is 2. The number of carbonyl (C=O) groups is 1. The minimum absolute atomic E-state index is 0.0176. The van der Waals surface area contributed by atoms with Crippen LogP contribution >= 0.6 is 23.2 Å². The van der Waals surface area contributed by atoms with Crippen molar-refractivity contribution in [1.82, 2.24) is 9.88 Å². The molecule has 0 bridgehead atoms. The van der Waals surface area contributed by atoms with Gasteiger partial charge in [-0.2, -0.15) is 0 Å². The highest BCUT2D eigenvalue weighted by atomic mass is 35.5. The Morgan fingerprint density at radius 3 is 2.62 bits per heavy atom. The van der Waals surface area contributed by atoms with Gasteiger partial charge in [-0.25, -0.2) is 4.98 Å². The summed E-state index contributed by atoms with van der Waals surface area (Å²) in [5.41, 5.74) is 0. The number of rotatable bonds is 8. The van der Waals surface area contributed by atoms with Crippen molar-refractivity contribution in [1.29, 1.82) is 0 Å². The zero-order valence-corrected chi connectivity index (χ0v) is 13.8. The van der Waals surface area contributed by atoms with E-state index in [1.54, 1.807) is 0 Å². The molecule has 21 heavy (non-hydrogen) atoms. The van der Waals surface area contributed by atoms with E-state index in [1.165, 1.54) is 12.3 Å². The molecule has 0 saturated heterocycles. The summed E-state index contributed by atoms with van der Waals surface area (Å²) in [5.74, 6) is 0.0756. The molecule has 0 saturated carbocycles. The van der Waals surface area contributed by atoms with Crippen LogP contribution in [0, 0.1) is 0 Å². The number of aliphatic hydroxyl groups is 1. The van der Waals surface area contributed by atoms with E-state index in [1.807, 2.05) is 4.90 Å². The number of hydrogen-bond donors (Lipinski definition) is 2. The van der Waals surface area contributed by atoms with Crippen LogP contribution in [0.4, 0.5) is 5.82 Å². The molecule has 118 valence electrons. The van der Waals surface area contributed by atoms with E-state index in [2.05, 4.69) is 24.1 Å². The van der Waals surface area contributed by atoms with Gasteiger partial charge in [-0.1, -0.05) is 37.0 Å². The van der Waals surface area contributed by atoms with E-state index in [0.717, 1.165) is 12.8 Å². The van der Waals surface area contributed by atoms with Crippen LogP contribution in [-0.4, -0.2) is 46.6 Å². The van der Waals surface area contributed by atoms with Crippen molar-refractivity contribution in [2.45, 2.75) is 32.7 Å². The Kier molecular flexibility index (Phi) is 7.96. The highest BCUT2D eigenvalue weighted by molar-refractivity contribution is 6.36. The van der Waals surface area contributed by atoms with Gasteiger partial charge in [-0.05, 0) is 18.9 Å². The Labute approximate surface area is 135 Å². The SMILES string of the molecule is CCC(CC)N(CCO)CC(=O)Nc1ncc(Cl)cc1Cl. The summed E-state index contributed by atoms with van der Waals surface area (Å²) in [4.78, 5) is 18.1. The lowest BCUT2D eigenvalue weighted by atomic mass is 10.1. The zero-order chi connectivity index (χ0) is 15.8. The fourth-order valence-electron chi connectivity index (χ4n) is 2.19. The molecule has 0 aliphatic heterocycles. The summed E-state index contributed by atoms with van der Waals surface area (Å²) in [7, 11) is 0. The first-order valence-corrected chi connectivity index (χ1v) is 7.73. The molecule has 2 N–H and O–H groups in total. The summed E-state index contributed by atoms with van der Waals surface area (Å²) in [5, 5.41) is 12.5. The lowest BCUT2D eigenvalue weighted by Gasteiger charge is -2.29. The van der Waals surface area contributed by atoms with Crippen molar-refractivity contribution in [2.24, 2.45) is 0 Å². The first kappa shape index (κ1) is 18.2. The van der Waals surface area contributed by atoms with Gasteiger partial charge in [0.1, 0.15) is 0 Å². The minimum atomic E-state index is -0.216. The first-order valence-electron chi connectivity index (χ1n) is 6.97. The number of aliphatic hydroxyl groups excluding tert-OH is 1. The molecule has 1 aromatic heterocycles. The summed E-state index contributed by atoms with van der Waals surface area (Å²) < 4.78 is 0. The summed E-state index contributed by atoms with van der Waals surface area (Å²) >= 11 is 11.7. The van der Waals surface area contributed by atoms with Gasteiger partial charge in [-0.15, -0.1) is 0 Å². The van der Waals surface area contributed by atoms with Crippen LogP contribution in [-0.2, 0) is 4.79 Å². The average molecular weight is 334 g/mol. The standard InChI is InChI=1S/C14H21Cl2N3O2/c1-3-11(4-2)19(5-6-20)9-13(21)18-14-12(16)7-10(15)8-17-14/h7-8,11,20H,3-6,9H2,1-2H3,(H,17,18,21). The molecule has 0 atom stereocenters. The monoisotopic (exact) mass is 333 g/mol. The molecule has 1 rings (SSSR count). The Morgan fingerprint density at radius 2 is 2.10 bits per heavy atom. The van der Waals surface area contributed by atoms with Gasteiger partial charge in [-0.3, -0.25) is 9.69 Å². The highest BCUT2D eigenvalue weighted by Crippen LogP contribution is 2.22. The van der Waals surface area contributed by atoms with Crippen molar-refractivity contribution in [3.8, 4) is 0 Å². The second kappa shape index (κ2) is 9.20. The molecular weight excluding hydrogens is 313 g/mol. The zero-order valence-electron chi connectivity index (χ0n) is 12.3. The molecule has 0 spiro atoms. The number of hydrogen-bond acceptors (Lipinski definition) is 4. The maximum Gasteiger partial charge on any atom is 0.239 e. The summed E-state index contributed by atoms with van der Waals surface area (Å²) in [6.07, 6.45) is 3.27. The Morgan fingerprint density at radius 1 is 1.43 bits per heavy atom. The van der Waals surface area contributed by atoms with Crippen LogP contribution in [0.15, 0.2) is 12.3 Å². The van der Waals surface area contributed by atoms with Crippen LogP contribution in [0.25, 0.3) is 0 Å². The molecular formula is C14H21Cl2N3O2. The minimum Gasteiger partial charge on any atom is -0.395 e. The number of carbonyl (C=O) groups excluding carboxylic acids is 1. The topological polar surface area (TPSA) is 65.5 Å². The fourth-order valence-corrected chi connectivity index (χ4v) is 2.61. The van der Waals surface area contributed by atoms with Gasteiger partial charge in [0.2, 0.25) is 5.91 Å². The van der Waals surface area contributed by atoms with Gasteiger partial charge < -0.3 is 10.4 Å². The van der Waals surface area contributed by atoms with Gasteiger partial charge >= 0.3 is 0 Å². The molecule has 0 fully saturated rings. The van der Waals surface area contributed by atoms with Crippen molar-refractivity contribution >= 4 is 34.9 Å². The third-order valence-corrected chi connectivity index (χ3v) is 3.75.